The molecule has 0 radical (unpaired) electrons. The van der Waals surface area contributed by atoms with Crippen LogP contribution in [0.1, 0.15) is 181 Å². The summed E-state index contributed by atoms with van der Waals surface area (Å²) in [7, 11) is 0. The third-order valence-corrected chi connectivity index (χ3v) is 7.08. The van der Waals surface area contributed by atoms with Crippen LogP contribution < -0.4 is 0 Å². The summed E-state index contributed by atoms with van der Waals surface area (Å²) >= 11 is 0. The minimum atomic E-state index is -0.726. The monoisotopic (exact) mass is 510 g/mol. The average molecular weight is 511 g/mol. The SMILES string of the molecule is CCCCCCCCCCCCCC(=O)OC(CCCCCCCCCCCC)C(=O)OCCCC. The lowest BCUT2D eigenvalue weighted by molar-refractivity contribution is -0.168. The summed E-state index contributed by atoms with van der Waals surface area (Å²) in [6, 6.07) is 0. The molecule has 0 bridgehead atoms. The van der Waals surface area contributed by atoms with Crippen molar-refractivity contribution < 1.29 is 19.1 Å². The highest BCUT2D eigenvalue weighted by atomic mass is 16.6. The quantitative estimate of drug-likeness (QED) is 0.0775. The van der Waals surface area contributed by atoms with Gasteiger partial charge in [-0.25, -0.2) is 4.79 Å². The first-order valence-corrected chi connectivity index (χ1v) is 16.0. The van der Waals surface area contributed by atoms with Crippen LogP contribution in [0, 0.1) is 0 Å². The number of hydrogen-bond acceptors (Lipinski definition) is 4. The van der Waals surface area contributed by atoms with Crippen molar-refractivity contribution in [3.8, 4) is 0 Å². The molecule has 1 atom stereocenters. The largest absolute Gasteiger partial charge is 0.463 e. The van der Waals surface area contributed by atoms with Crippen LogP contribution in [0.4, 0.5) is 0 Å². The maximum atomic E-state index is 12.5. The lowest BCUT2D eigenvalue weighted by atomic mass is 10.0. The topological polar surface area (TPSA) is 52.6 Å². The molecule has 4 heteroatoms. The Morgan fingerprint density at radius 3 is 1.33 bits per heavy atom. The molecule has 0 rings (SSSR count). The first-order valence-electron chi connectivity index (χ1n) is 16.0. The molecular weight excluding hydrogens is 448 g/mol. The molecule has 0 heterocycles. The lowest BCUT2D eigenvalue weighted by Gasteiger charge is -2.17. The van der Waals surface area contributed by atoms with E-state index in [1.54, 1.807) is 0 Å². The smallest absolute Gasteiger partial charge is 0.347 e. The third-order valence-electron chi connectivity index (χ3n) is 7.08. The molecule has 0 aromatic carbocycles. The Kier molecular flexibility index (Phi) is 27.7. The molecule has 0 N–H and O–H groups in total. The van der Waals surface area contributed by atoms with E-state index in [-0.39, 0.29) is 11.9 Å². The minimum absolute atomic E-state index is 0.240. The Hall–Kier alpha value is -1.06. The van der Waals surface area contributed by atoms with Gasteiger partial charge in [-0.15, -0.1) is 0 Å². The molecule has 0 saturated heterocycles. The average Bonchev–Trinajstić information content (AvgIpc) is 2.87. The molecule has 0 saturated carbocycles. The van der Waals surface area contributed by atoms with Crippen molar-refractivity contribution in [1.29, 1.82) is 0 Å². The summed E-state index contributed by atoms with van der Waals surface area (Å²) in [5.41, 5.74) is 0. The van der Waals surface area contributed by atoms with Crippen molar-refractivity contribution in [2.75, 3.05) is 6.61 Å². The molecule has 0 aliphatic heterocycles. The van der Waals surface area contributed by atoms with E-state index >= 15 is 0 Å². The van der Waals surface area contributed by atoms with Crippen LogP contribution in [0.2, 0.25) is 0 Å². The molecule has 0 amide bonds. The van der Waals surface area contributed by atoms with Gasteiger partial charge in [0, 0.05) is 6.42 Å². The van der Waals surface area contributed by atoms with Gasteiger partial charge in [0.25, 0.3) is 0 Å². The predicted octanol–water partition coefficient (Wildman–Crippen LogP) is 10.3. The highest BCUT2D eigenvalue weighted by Crippen LogP contribution is 2.16. The van der Waals surface area contributed by atoms with Gasteiger partial charge in [-0.05, 0) is 25.7 Å². The second-order valence-corrected chi connectivity index (χ2v) is 10.8. The molecule has 0 aromatic heterocycles. The number of esters is 2. The van der Waals surface area contributed by atoms with Gasteiger partial charge < -0.3 is 9.47 Å². The molecule has 4 nitrogen and oxygen atoms in total. The van der Waals surface area contributed by atoms with Crippen molar-refractivity contribution in [2.24, 2.45) is 0 Å². The van der Waals surface area contributed by atoms with Crippen LogP contribution in [0.15, 0.2) is 0 Å². The summed E-state index contributed by atoms with van der Waals surface area (Å²) in [4.78, 5) is 24.9. The summed E-state index contributed by atoms with van der Waals surface area (Å²) in [6.45, 7) is 7.00. The van der Waals surface area contributed by atoms with Crippen LogP contribution in [-0.2, 0) is 19.1 Å². The maximum absolute atomic E-state index is 12.5. The highest BCUT2D eigenvalue weighted by molar-refractivity contribution is 5.79. The molecule has 0 aromatic rings. The Balaban J connectivity index is 4.01. The fourth-order valence-corrected chi connectivity index (χ4v) is 4.60. The summed E-state index contributed by atoms with van der Waals surface area (Å²) in [5, 5.41) is 0. The van der Waals surface area contributed by atoms with Gasteiger partial charge in [-0.3, -0.25) is 4.79 Å². The number of rotatable bonds is 28. The van der Waals surface area contributed by atoms with E-state index in [0.717, 1.165) is 38.5 Å². The molecule has 1 unspecified atom stereocenters. The van der Waals surface area contributed by atoms with E-state index < -0.39 is 6.10 Å². The van der Waals surface area contributed by atoms with Crippen LogP contribution in [0.3, 0.4) is 0 Å². The summed E-state index contributed by atoms with van der Waals surface area (Å²) in [5.74, 6) is -0.595. The number of ether oxygens (including phenoxy) is 2. The van der Waals surface area contributed by atoms with Crippen molar-refractivity contribution in [2.45, 2.75) is 187 Å². The van der Waals surface area contributed by atoms with Gasteiger partial charge in [0.05, 0.1) is 6.61 Å². The van der Waals surface area contributed by atoms with Crippen LogP contribution in [-0.4, -0.2) is 24.6 Å². The van der Waals surface area contributed by atoms with Gasteiger partial charge in [-0.2, -0.15) is 0 Å². The van der Waals surface area contributed by atoms with Crippen LogP contribution in [0.5, 0.6) is 0 Å². The van der Waals surface area contributed by atoms with Crippen molar-refractivity contribution in [3.05, 3.63) is 0 Å². The molecule has 36 heavy (non-hydrogen) atoms. The van der Waals surface area contributed by atoms with Crippen LogP contribution >= 0.6 is 0 Å². The van der Waals surface area contributed by atoms with E-state index in [1.807, 2.05) is 0 Å². The fourth-order valence-electron chi connectivity index (χ4n) is 4.60. The Bertz CT molecular complexity index is 477. The predicted molar refractivity (Wildman–Crippen MR) is 153 cm³/mol. The second-order valence-electron chi connectivity index (χ2n) is 10.8. The standard InChI is InChI=1S/C32H62O4/c1-4-7-10-12-14-16-18-20-22-24-26-28-31(33)36-30(32(34)35-29-9-6-3)27-25-23-21-19-17-15-13-11-8-5-2/h30H,4-29H2,1-3H3. The van der Waals surface area contributed by atoms with E-state index in [4.69, 9.17) is 9.47 Å². The van der Waals surface area contributed by atoms with E-state index in [0.29, 0.717) is 19.4 Å². The van der Waals surface area contributed by atoms with Gasteiger partial charge in [0.15, 0.2) is 6.10 Å². The molecule has 214 valence electrons. The van der Waals surface area contributed by atoms with E-state index in [9.17, 15) is 9.59 Å². The lowest BCUT2D eigenvalue weighted by Crippen LogP contribution is -2.29. The van der Waals surface area contributed by atoms with E-state index in [2.05, 4.69) is 20.8 Å². The number of unbranched alkanes of at least 4 members (excludes halogenated alkanes) is 20. The normalized spacial score (nSPS) is 12.0. The van der Waals surface area contributed by atoms with Crippen LogP contribution in [0.25, 0.3) is 0 Å². The molecule has 0 fully saturated rings. The zero-order chi connectivity index (χ0) is 26.5. The summed E-state index contributed by atoms with van der Waals surface area (Å²) < 4.78 is 11.0. The molecular formula is C32H62O4. The Morgan fingerprint density at radius 1 is 0.500 bits per heavy atom. The zero-order valence-corrected chi connectivity index (χ0v) is 24.6. The molecule has 0 spiro atoms. The first kappa shape index (κ1) is 34.9. The number of hydrogen-bond donors (Lipinski definition) is 0. The number of carbonyl (C=O) groups is 2. The summed E-state index contributed by atoms with van der Waals surface area (Å²) in [6.07, 6.45) is 28.4. The van der Waals surface area contributed by atoms with Crippen molar-refractivity contribution >= 4 is 11.9 Å². The van der Waals surface area contributed by atoms with Gasteiger partial charge in [0.1, 0.15) is 0 Å². The Morgan fingerprint density at radius 2 is 0.889 bits per heavy atom. The number of carbonyl (C=O) groups excluding carboxylic acids is 2. The maximum Gasteiger partial charge on any atom is 0.347 e. The van der Waals surface area contributed by atoms with Gasteiger partial charge in [-0.1, -0.05) is 149 Å². The molecule has 0 aliphatic rings. The zero-order valence-electron chi connectivity index (χ0n) is 24.6. The fraction of sp³-hybridized carbons (Fsp3) is 0.938. The van der Waals surface area contributed by atoms with Crippen molar-refractivity contribution in [1.82, 2.24) is 0 Å². The molecule has 0 aliphatic carbocycles. The van der Waals surface area contributed by atoms with Crippen molar-refractivity contribution in [3.63, 3.8) is 0 Å². The van der Waals surface area contributed by atoms with Gasteiger partial charge >= 0.3 is 11.9 Å². The third kappa shape index (κ3) is 24.6. The van der Waals surface area contributed by atoms with E-state index in [1.165, 1.54) is 109 Å². The second kappa shape index (κ2) is 28.5. The highest BCUT2D eigenvalue weighted by Gasteiger charge is 2.23. The Labute approximate surface area is 225 Å². The van der Waals surface area contributed by atoms with Gasteiger partial charge in [0.2, 0.25) is 0 Å². The first-order chi connectivity index (χ1) is 17.7. The minimum Gasteiger partial charge on any atom is -0.463 e.